The molecule has 1 aromatic carbocycles. The lowest BCUT2D eigenvalue weighted by atomic mass is 10.3. The van der Waals surface area contributed by atoms with Crippen molar-refractivity contribution >= 4 is 16.0 Å². The van der Waals surface area contributed by atoms with Gasteiger partial charge in [-0.3, -0.25) is 9.39 Å². The van der Waals surface area contributed by atoms with E-state index in [1.54, 1.807) is 18.2 Å². The molecule has 13 heavy (non-hydrogen) atoms. The van der Waals surface area contributed by atoms with Gasteiger partial charge in [0.1, 0.15) is 0 Å². The molecule has 0 bridgehead atoms. The largest absolute Gasteiger partial charge is 0.382 e. The Kier molecular flexibility index (Phi) is 2.86. The second kappa shape index (κ2) is 3.73. The van der Waals surface area contributed by atoms with Gasteiger partial charge in [-0.25, -0.2) is 0 Å². The molecule has 0 fully saturated rings. The first-order valence-electron chi connectivity index (χ1n) is 3.42. The first-order valence-corrected chi connectivity index (χ1v) is 4.82. The van der Waals surface area contributed by atoms with Crippen LogP contribution in [-0.2, 0) is 15.1 Å². The molecule has 0 heterocycles. The maximum Gasteiger partial charge on any atom is 0.382 e. The molecular formula is C7H9NO4S. The van der Waals surface area contributed by atoms with E-state index < -0.39 is 10.3 Å². The van der Waals surface area contributed by atoms with Gasteiger partial charge in [0.05, 0.1) is 12.8 Å². The summed E-state index contributed by atoms with van der Waals surface area (Å²) in [5.41, 5.74) is 0.243. The van der Waals surface area contributed by atoms with Gasteiger partial charge >= 0.3 is 10.3 Å². The Morgan fingerprint density at radius 1 is 1.31 bits per heavy atom. The van der Waals surface area contributed by atoms with Crippen LogP contribution in [0.5, 0.6) is 0 Å². The van der Waals surface area contributed by atoms with Gasteiger partial charge in [-0.15, -0.1) is 4.47 Å². The molecule has 0 spiro atoms. The van der Waals surface area contributed by atoms with Crippen LogP contribution >= 0.6 is 0 Å². The number of benzene rings is 1. The van der Waals surface area contributed by atoms with E-state index in [4.69, 9.17) is 4.55 Å². The lowest BCUT2D eigenvalue weighted by molar-refractivity contribution is 0.206. The van der Waals surface area contributed by atoms with Crippen LogP contribution in [0.4, 0.5) is 5.69 Å². The van der Waals surface area contributed by atoms with Crippen LogP contribution in [0.15, 0.2) is 30.3 Å². The molecule has 0 saturated carbocycles. The minimum atomic E-state index is -4.36. The Hall–Kier alpha value is -1.11. The van der Waals surface area contributed by atoms with Crippen molar-refractivity contribution in [3.63, 3.8) is 0 Å². The molecule has 0 saturated heterocycles. The number of hydrogen-bond acceptors (Lipinski definition) is 3. The highest BCUT2D eigenvalue weighted by molar-refractivity contribution is 7.87. The monoisotopic (exact) mass is 203 g/mol. The van der Waals surface area contributed by atoms with Gasteiger partial charge in [-0.2, -0.15) is 8.42 Å². The molecule has 0 amide bonds. The fourth-order valence-electron chi connectivity index (χ4n) is 0.883. The minimum absolute atomic E-state index is 0.243. The molecule has 0 radical (unpaired) electrons. The van der Waals surface area contributed by atoms with Crippen molar-refractivity contribution in [1.82, 2.24) is 0 Å². The van der Waals surface area contributed by atoms with E-state index in [0.717, 1.165) is 7.11 Å². The molecule has 1 N–H and O–H groups in total. The maximum atomic E-state index is 10.7. The Morgan fingerprint density at radius 3 is 2.23 bits per heavy atom. The van der Waals surface area contributed by atoms with Crippen LogP contribution in [-0.4, -0.2) is 20.1 Å². The second-order valence-corrected chi connectivity index (χ2v) is 3.45. The predicted molar refractivity (Wildman–Crippen MR) is 47.5 cm³/mol. The van der Waals surface area contributed by atoms with E-state index in [9.17, 15) is 8.42 Å². The SMILES string of the molecule is CON(c1ccccc1)S(=O)(=O)O. The van der Waals surface area contributed by atoms with Crippen molar-refractivity contribution in [2.75, 3.05) is 11.6 Å². The van der Waals surface area contributed by atoms with Crippen LogP contribution in [0.1, 0.15) is 0 Å². The van der Waals surface area contributed by atoms with Crippen LogP contribution in [0, 0.1) is 0 Å². The summed E-state index contributed by atoms with van der Waals surface area (Å²) in [6, 6.07) is 7.98. The average Bonchev–Trinajstić information content (AvgIpc) is 2.05. The number of anilines is 1. The van der Waals surface area contributed by atoms with E-state index in [0.29, 0.717) is 4.47 Å². The number of para-hydroxylation sites is 1. The Morgan fingerprint density at radius 2 is 1.85 bits per heavy atom. The van der Waals surface area contributed by atoms with E-state index >= 15 is 0 Å². The molecule has 0 atom stereocenters. The van der Waals surface area contributed by atoms with E-state index in [2.05, 4.69) is 4.84 Å². The molecule has 1 aromatic rings. The standard InChI is InChI=1S/C7H9NO4S/c1-12-8(13(9,10)11)7-5-3-2-4-6-7/h2-6H,1H3,(H,9,10,11). The molecule has 0 aliphatic heterocycles. The third kappa shape index (κ3) is 2.41. The lowest BCUT2D eigenvalue weighted by Crippen LogP contribution is -2.28. The second-order valence-electron chi connectivity index (χ2n) is 2.22. The summed E-state index contributed by atoms with van der Waals surface area (Å²) in [7, 11) is -3.20. The van der Waals surface area contributed by atoms with Gasteiger partial charge in [-0.1, -0.05) is 18.2 Å². The highest BCUT2D eigenvalue weighted by atomic mass is 32.2. The summed E-state index contributed by atoms with van der Waals surface area (Å²) >= 11 is 0. The lowest BCUT2D eigenvalue weighted by Gasteiger charge is -2.16. The molecule has 1 rings (SSSR count). The first-order chi connectivity index (χ1) is 6.05. The molecule has 6 heteroatoms. The van der Waals surface area contributed by atoms with Crippen molar-refractivity contribution in [2.24, 2.45) is 0 Å². The van der Waals surface area contributed by atoms with Gasteiger partial charge in [-0.05, 0) is 12.1 Å². The third-order valence-electron chi connectivity index (χ3n) is 1.34. The topological polar surface area (TPSA) is 66.8 Å². The van der Waals surface area contributed by atoms with Crippen molar-refractivity contribution < 1.29 is 17.8 Å². The van der Waals surface area contributed by atoms with Crippen molar-refractivity contribution in [1.29, 1.82) is 0 Å². The Balaban J connectivity index is 3.06. The van der Waals surface area contributed by atoms with Crippen molar-refractivity contribution in [2.45, 2.75) is 0 Å². The normalized spacial score (nSPS) is 11.2. The number of hydrogen-bond donors (Lipinski definition) is 1. The van der Waals surface area contributed by atoms with Crippen LogP contribution < -0.4 is 4.47 Å². The predicted octanol–water partition coefficient (Wildman–Crippen LogP) is 0.857. The minimum Gasteiger partial charge on any atom is -0.267 e. The van der Waals surface area contributed by atoms with E-state index in [1.807, 2.05) is 0 Å². The highest BCUT2D eigenvalue weighted by Crippen LogP contribution is 2.15. The summed E-state index contributed by atoms with van der Waals surface area (Å²) < 4.78 is 30.6. The third-order valence-corrected chi connectivity index (χ3v) is 2.12. The van der Waals surface area contributed by atoms with E-state index in [1.165, 1.54) is 12.1 Å². The van der Waals surface area contributed by atoms with Crippen LogP contribution in [0.2, 0.25) is 0 Å². The molecule has 0 aromatic heterocycles. The molecule has 0 unspecified atom stereocenters. The summed E-state index contributed by atoms with van der Waals surface area (Å²) in [5.74, 6) is 0. The zero-order valence-electron chi connectivity index (χ0n) is 6.91. The highest BCUT2D eigenvalue weighted by Gasteiger charge is 2.18. The van der Waals surface area contributed by atoms with Gasteiger partial charge in [0.2, 0.25) is 0 Å². The fraction of sp³-hybridized carbons (Fsp3) is 0.143. The van der Waals surface area contributed by atoms with Gasteiger partial charge in [0.15, 0.2) is 0 Å². The van der Waals surface area contributed by atoms with Crippen LogP contribution in [0.25, 0.3) is 0 Å². The summed E-state index contributed by atoms with van der Waals surface area (Å²) in [6.45, 7) is 0. The first kappa shape index (κ1) is 9.97. The molecule has 72 valence electrons. The Bertz CT molecular complexity index is 361. The van der Waals surface area contributed by atoms with Crippen LogP contribution in [0.3, 0.4) is 0 Å². The maximum absolute atomic E-state index is 10.7. The van der Waals surface area contributed by atoms with E-state index in [-0.39, 0.29) is 5.69 Å². The molecular weight excluding hydrogens is 194 g/mol. The smallest absolute Gasteiger partial charge is 0.267 e. The fourth-order valence-corrected chi connectivity index (χ4v) is 1.46. The quantitative estimate of drug-likeness (QED) is 0.584. The number of nitrogens with zero attached hydrogens (tertiary/aromatic N) is 1. The summed E-state index contributed by atoms with van der Waals surface area (Å²) in [5, 5.41) is 0. The van der Waals surface area contributed by atoms with Gasteiger partial charge < -0.3 is 0 Å². The summed E-state index contributed by atoms with van der Waals surface area (Å²) in [4.78, 5) is 4.50. The van der Waals surface area contributed by atoms with Crippen molar-refractivity contribution in [3.05, 3.63) is 30.3 Å². The Labute approximate surface area is 76.4 Å². The molecule has 5 nitrogen and oxygen atoms in total. The number of rotatable bonds is 3. The summed E-state index contributed by atoms with van der Waals surface area (Å²) in [6.07, 6.45) is 0. The van der Waals surface area contributed by atoms with Gasteiger partial charge in [0.25, 0.3) is 0 Å². The van der Waals surface area contributed by atoms with Crippen molar-refractivity contribution in [3.8, 4) is 0 Å². The molecule has 0 aliphatic carbocycles. The molecule has 0 aliphatic rings. The van der Waals surface area contributed by atoms with Gasteiger partial charge in [0, 0.05) is 0 Å². The zero-order valence-corrected chi connectivity index (χ0v) is 7.73. The average molecular weight is 203 g/mol. The zero-order chi connectivity index (χ0) is 9.90.